The molecule has 62 valence electrons. The van der Waals surface area contributed by atoms with E-state index in [0.717, 1.165) is 18.6 Å². The summed E-state index contributed by atoms with van der Waals surface area (Å²) in [7, 11) is 0. The van der Waals surface area contributed by atoms with E-state index >= 15 is 0 Å². The number of aryl methyl sites for hydroxylation is 1. The van der Waals surface area contributed by atoms with Crippen molar-refractivity contribution in [3.05, 3.63) is 29.3 Å². The van der Waals surface area contributed by atoms with Gasteiger partial charge in [-0.15, -0.1) is 0 Å². The van der Waals surface area contributed by atoms with Crippen molar-refractivity contribution >= 4 is 16.6 Å². The molecule has 0 amide bonds. The van der Waals surface area contributed by atoms with E-state index in [1.807, 2.05) is 12.1 Å². The van der Waals surface area contributed by atoms with Gasteiger partial charge in [0.25, 0.3) is 0 Å². The van der Waals surface area contributed by atoms with E-state index in [9.17, 15) is 0 Å². The van der Waals surface area contributed by atoms with E-state index in [0.29, 0.717) is 0 Å². The third-order valence-electron chi connectivity index (χ3n) is 2.09. The van der Waals surface area contributed by atoms with Gasteiger partial charge < -0.3 is 3.79 Å². The zero-order chi connectivity index (χ0) is 8.97. The molecule has 1 aromatic rings. The molecule has 1 nitrogen and oxygen atoms in total. The Morgan fingerprint density at radius 2 is 2.00 bits per heavy atom. The van der Waals surface area contributed by atoms with Crippen molar-refractivity contribution in [3.63, 3.8) is 0 Å². The van der Waals surface area contributed by atoms with E-state index in [1.165, 1.54) is 11.1 Å². The zero-order valence-corrected chi connectivity index (χ0v) is 8.79. The van der Waals surface area contributed by atoms with E-state index in [-0.39, 0.29) is 0 Å². The summed E-state index contributed by atoms with van der Waals surface area (Å²) in [6.07, 6.45) is 2.11. The van der Waals surface area contributed by atoms with Gasteiger partial charge in [-0.3, -0.25) is 0 Å². The summed E-state index contributed by atoms with van der Waals surface area (Å²) in [5.41, 5.74) is 2.72. The fourth-order valence-electron chi connectivity index (χ4n) is 1.45. The monoisotopic (exact) mass is 176 g/mol. The van der Waals surface area contributed by atoms with Crippen LogP contribution in [-0.4, -0.2) is 16.6 Å². The van der Waals surface area contributed by atoms with Crippen molar-refractivity contribution < 1.29 is 3.79 Å². The second-order valence-electron chi connectivity index (χ2n) is 2.72. The van der Waals surface area contributed by atoms with E-state index in [2.05, 4.69) is 36.5 Å². The third-order valence-corrected chi connectivity index (χ3v) is 2.35. The maximum Gasteiger partial charge on any atom is 0.482 e. The Balaban J connectivity index is 3.13. The molecule has 0 heterocycles. The molecule has 0 atom stereocenters. The minimum atomic E-state index is 0.988. The Kier molecular flexibility index (Phi) is 3.65. The summed E-state index contributed by atoms with van der Waals surface area (Å²) >= 11 is 2.30. The van der Waals surface area contributed by atoms with Crippen LogP contribution in [0, 0.1) is 0 Å². The van der Waals surface area contributed by atoms with Crippen LogP contribution in [0.4, 0.5) is 0 Å². The fraction of sp³-hybridized carbons (Fsp3) is 0.400. The van der Waals surface area contributed by atoms with Gasteiger partial charge in [-0.2, -0.15) is 0 Å². The highest BCUT2D eigenvalue weighted by molar-refractivity contribution is 6.00. The summed E-state index contributed by atoms with van der Waals surface area (Å²) in [6, 6.07) is 6.20. The highest BCUT2D eigenvalue weighted by atomic mass is 27.1. The SMILES string of the molecule is CCc1cccc([O][Al])c1CC. The van der Waals surface area contributed by atoms with Crippen LogP contribution in [0.2, 0.25) is 0 Å². The Labute approximate surface area is 82.5 Å². The zero-order valence-electron chi connectivity index (χ0n) is 7.63. The molecule has 0 bridgehead atoms. The topological polar surface area (TPSA) is 9.23 Å². The Bertz CT molecular complexity index is 236. The molecule has 0 spiro atoms. The number of rotatable bonds is 3. The van der Waals surface area contributed by atoms with Crippen LogP contribution < -0.4 is 3.79 Å². The third kappa shape index (κ3) is 1.83. The highest BCUT2D eigenvalue weighted by Gasteiger charge is 2.03. The second kappa shape index (κ2) is 4.55. The summed E-state index contributed by atoms with van der Waals surface area (Å²) in [5, 5.41) is 0. The molecule has 0 aliphatic heterocycles. The number of hydrogen-bond donors (Lipinski definition) is 0. The first-order valence-electron chi connectivity index (χ1n) is 4.31. The molecule has 0 aliphatic rings. The first-order valence-corrected chi connectivity index (χ1v) is 4.78. The summed E-state index contributed by atoms with van der Waals surface area (Å²) in [4.78, 5) is 0. The van der Waals surface area contributed by atoms with Gasteiger partial charge >= 0.3 is 16.6 Å². The molecule has 0 aromatic heterocycles. The Morgan fingerprint density at radius 1 is 1.25 bits per heavy atom. The van der Waals surface area contributed by atoms with Crippen molar-refractivity contribution in [2.45, 2.75) is 26.7 Å². The first kappa shape index (κ1) is 9.64. The molecular formula is C10H13AlO. The Hall–Kier alpha value is -0.448. The summed E-state index contributed by atoms with van der Waals surface area (Å²) in [6.45, 7) is 4.32. The van der Waals surface area contributed by atoms with Gasteiger partial charge in [-0.1, -0.05) is 26.0 Å². The van der Waals surface area contributed by atoms with E-state index in [4.69, 9.17) is 3.79 Å². The summed E-state index contributed by atoms with van der Waals surface area (Å²) < 4.78 is 5.20. The molecule has 0 saturated carbocycles. The van der Waals surface area contributed by atoms with Crippen molar-refractivity contribution in [1.82, 2.24) is 0 Å². The molecule has 2 heteroatoms. The molecular weight excluding hydrogens is 163 g/mol. The molecule has 12 heavy (non-hydrogen) atoms. The number of benzene rings is 1. The van der Waals surface area contributed by atoms with Gasteiger partial charge in [0.2, 0.25) is 0 Å². The Morgan fingerprint density at radius 3 is 2.50 bits per heavy atom. The lowest BCUT2D eigenvalue weighted by Gasteiger charge is -2.12. The van der Waals surface area contributed by atoms with Crippen LogP contribution >= 0.6 is 0 Å². The van der Waals surface area contributed by atoms with Gasteiger partial charge in [0.15, 0.2) is 0 Å². The minimum absolute atomic E-state index is 0.988. The quantitative estimate of drug-likeness (QED) is 0.642. The van der Waals surface area contributed by atoms with Gasteiger partial charge in [0, 0.05) is 0 Å². The molecule has 2 radical (unpaired) electrons. The fourth-order valence-corrected chi connectivity index (χ4v) is 1.67. The molecule has 0 N–H and O–H groups in total. The molecule has 0 unspecified atom stereocenters. The van der Waals surface area contributed by atoms with Crippen molar-refractivity contribution in [3.8, 4) is 5.75 Å². The molecule has 1 aromatic carbocycles. The van der Waals surface area contributed by atoms with Gasteiger partial charge in [-0.25, -0.2) is 0 Å². The predicted octanol–water partition coefficient (Wildman–Crippen LogP) is 2.27. The summed E-state index contributed by atoms with van der Waals surface area (Å²) in [5.74, 6) is 0.988. The predicted molar refractivity (Wildman–Crippen MR) is 51.6 cm³/mol. The van der Waals surface area contributed by atoms with Crippen molar-refractivity contribution in [2.75, 3.05) is 0 Å². The van der Waals surface area contributed by atoms with Gasteiger partial charge in [0.05, 0.1) is 5.75 Å². The highest BCUT2D eigenvalue weighted by Crippen LogP contribution is 2.22. The van der Waals surface area contributed by atoms with Crippen LogP contribution in [0.15, 0.2) is 18.2 Å². The standard InChI is InChI=1S/C10H14O.Al/c1-3-8-6-5-7-10(11)9(8)4-2;/h5-7,11H,3-4H2,1-2H3;/q;+1/p-1. The molecule has 0 aliphatic carbocycles. The van der Waals surface area contributed by atoms with Crippen LogP contribution in [0.1, 0.15) is 25.0 Å². The van der Waals surface area contributed by atoms with E-state index < -0.39 is 0 Å². The second-order valence-corrected chi connectivity index (χ2v) is 2.95. The smallest absolute Gasteiger partial charge is 0.482 e. The largest absolute Gasteiger partial charge is 0.653 e. The van der Waals surface area contributed by atoms with E-state index in [1.54, 1.807) is 0 Å². The average molecular weight is 176 g/mol. The number of hydrogen-bond acceptors (Lipinski definition) is 1. The van der Waals surface area contributed by atoms with Gasteiger partial charge in [0.1, 0.15) is 0 Å². The lowest BCUT2D eigenvalue weighted by atomic mass is 10.0. The lowest BCUT2D eigenvalue weighted by molar-refractivity contribution is 0.604. The van der Waals surface area contributed by atoms with Crippen molar-refractivity contribution in [1.29, 1.82) is 0 Å². The van der Waals surface area contributed by atoms with Crippen LogP contribution in [0.5, 0.6) is 5.75 Å². The maximum absolute atomic E-state index is 5.20. The normalized spacial score (nSPS) is 9.83. The molecule has 0 fully saturated rings. The molecule has 1 rings (SSSR count). The van der Waals surface area contributed by atoms with Crippen LogP contribution in [0.3, 0.4) is 0 Å². The molecule has 0 saturated heterocycles. The van der Waals surface area contributed by atoms with Crippen LogP contribution in [-0.2, 0) is 12.8 Å². The average Bonchev–Trinajstić information content (AvgIpc) is 2.16. The minimum Gasteiger partial charge on any atom is -0.653 e. The first-order chi connectivity index (χ1) is 5.83. The van der Waals surface area contributed by atoms with Gasteiger partial charge in [-0.05, 0) is 30.0 Å². The lowest BCUT2D eigenvalue weighted by Crippen LogP contribution is -1.96. The van der Waals surface area contributed by atoms with Crippen LogP contribution in [0.25, 0.3) is 0 Å². The van der Waals surface area contributed by atoms with Crippen molar-refractivity contribution in [2.24, 2.45) is 0 Å². The maximum atomic E-state index is 5.20.